The Labute approximate surface area is 345 Å². The van der Waals surface area contributed by atoms with Crippen LogP contribution >= 0.6 is 0 Å². The van der Waals surface area contributed by atoms with Gasteiger partial charge in [-0.2, -0.15) is 0 Å². The smallest absolute Gasteiger partial charge is 0.419 e. The summed E-state index contributed by atoms with van der Waals surface area (Å²) in [4.78, 5) is 44.1. The summed E-state index contributed by atoms with van der Waals surface area (Å²) >= 11 is 0. The second kappa shape index (κ2) is 20.1. The molecule has 4 N–H and O–H groups in total. The number of phenolic OH excluding ortho intramolecular Hbond substituents is 1. The number of aromatic hydroxyl groups is 1. The Bertz CT molecular complexity index is 2230. The van der Waals surface area contributed by atoms with Crippen LogP contribution in [0.3, 0.4) is 0 Å². The molecule has 1 fully saturated rings. The lowest BCUT2D eigenvalue weighted by Crippen LogP contribution is -2.43. The molecule has 1 aliphatic rings. The zero-order chi connectivity index (χ0) is 40.8. The topological polar surface area (TPSA) is 123 Å². The average Bonchev–Trinajstić information content (AvgIpc) is 3.27. The molecule has 10 nitrogen and oxygen atoms in total. The summed E-state index contributed by atoms with van der Waals surface area (Å²) in [5, 5.41) is 18.5. The normalized spacial score (nSPS) is 13.0. The molecule has 0 radical (unpaired) electrons. The quantitative estimate of drug-likeness (QED) is 0.0767. The van der Waals surface area contributed by atoms with Gasteiger partial charge in [-0.05, 0) is 72.0 Å². The molecule has 6 aromatic rings. The third-order valence-electron chi connectivity index (χ3n) is 10.4. The number of hydrogen-bond acceptors (Lipinski definition) is 7. The molecule has 1 saturated heterocycles. The maximum atomic E-state index is 14.5. The summed E-state index contributed by atoms with van der Waals surface area (Å²) < 4.78 is 6.33. The number of anilines is 3. The summed E-state index contributed by atoms with van der Waals surface area (Å²) in [6.45, 7) is 3.62. The maximum absolute atomic E-state index is 14.5. The Kier molecular flexibility index (Phi) is 13.8. The van der Waals surface area contributed by atoms with E-state index in [1.165, 1.54) is 0 Å². The van der Waals surface area contributed by atoms with E-state index < -0.39 is 6.09 Å². The summed E-state index contributed by atoms with van der Waals surface area (Å²) in [5.74, 6) is -0.155. The lowest BCUT2D eigenvalue weighted by Gasteiger charge is -2.33. The highest BCUT2D eigenvalue weighted by Crippen LogP contribution is 2.40. The van der Waals surface area contributed by atoms with Gasteiger partial charge in [-0.25, -0.2) is 9.69 Å². The van der Waals surface area contributed by atoms with Crippen LogP contribution in [0.2, 0.25) is 0 Å². The number of benzene rings is 6. The molecule has 10 heteroatoms. The van der Waals surface area contributed by atoms with Crippen LogP contribution < -0.4 is 20.9 Å². The van der Waals surface area contributed by atoms with Gasteiger partial charge in [-0.15, -0.1) is 0 Å². The van der Waals surface area contributed by atoms with Crippen LogP contribution in [0.5, 0.6) is 5.75 Å². The van der Waals surface area contributed by atoms with Crippen molar-refractivity contribution < 1.29 is 24.2 Å². The number of para-hydroxylation sites is 2. The van der Waals surface area contributed by atoms with E-state index in [1.54, 1.807) is 41.3 Å². The van der Waals surface area contributed by atoms with Crippen molar-refractivity contribution in [1.82, 2.24) is 15.5 Å². The van der Waals surface area contributed by atoms with Gasteiger partial charge in [0.2, 0.25) is 5.91 Å². The lowest BCUT2D eigenvalue weighted by atomic mass is 10.00. The molecule has 0 unspecified atom stereocenters. The third kappa shape index (κ3) is 11.0. The first-order valence-electron chi connectivity index (χ1n) is 20.1. The number of rotatable bonds is 15. The SMILES string of the molecule is O=C(CCNCc1ccc(O)cc1)Nc1cccc(C(=O)NCCN2CCC(OC(=O)N(c3ccccc3-c3ccccc3)c3ccccc3-c3ccccc3)CC2)c1. The summed E-state index contributed by atoms with van der Waals surface area (Å²) in [6, 6.07) is 49.8. The number of amides is 3. The first-order chi connectivity index (χ1) is 28.9. The first-order valence-corrected chi connectivity index (χ1v) is 20.1. The predicted octanol–water partition coefficient (Wildman–Crippen LogP) is 9.01. The van der Waals surface area contributed by atoms with Gasteiger partial charge in [-0.1, -0.05) is 115 Å². The molecule has 0 aromatic heterocycles. The number of phenols is 1. The minimum Gasteiger partial charge on any atom is -0.508 e. The van der Waals surface area contributed by atoms with Crippen LogP contribution in [-0.4, -0.2) is 66.7 Å². The van der Waals surface area contributed by atoms with Crippen LogP contribution in [0, 0.1) is 0 Å². The third-order valence-corrected chi connectivity index (χ3v) is 10.4. The monoisotopic (exact) mass is 787 g/mol. The number of ether oxygens (including phenoxy) is 1. The van der Waals surface area contributed by atoms with Crippen molar-refractivity contribution in [2.45, 2.75) is 31.9 Å². The molecule has 0 saturated carbocycles. The molecular formula is C49H49N5O5. The number of piperidine rings is 1. The average molecular weight is 788 g/mol. The second-order valence-electron chi connectivity index (χ2n) is 14.5. The molecule has 1 aliphatic heterocycles. The highest BCUT2D eigenvalue weighted by molar-refractivity contribution is 6.04. The van der Waals surface area contributed by atoms with Gasteiger partial charge >= 0.3 is 6.09 Å². The summed E-state index contributed by atoms with van der Waals surface area (Å²) in [5.41, 5.74) is 7.36. The molecule has 0 aliphatic carbocycles. The minimum absolute atomic E-state index is 0.156. The fourth-order valence-corrected chi connectivity index (χ4v) is 7.27. The second-order valence-corrected chi connectivity index (χ2v) is 14.5. The number of nitrogens with zero attached hydrogens (tertiary/aromatic N) is 2. The number of likely N-dealkylation sites (tertiary alicyclic amines) is 1. The van der Waals surface area contributed by atoms with Crippen molar-refractivity contribution in [3.8, 4) is 28.0 Å². The Morgan fingerprint density at radius 1 is 0.678 bits per heavy atom. The molecule has 0 atom stereocenters. The van der Waals surface area contributed by atoms with E-state index in [4.69, 9.17) is 4.74 Å². The molecule has 59 heavy (non-hydrogen) atoms. The van der Waals surface area contributed by atoms with E-state index in [0.717, 1.165) is 52.3 Å². The van der Waals surface area contributed by atoms with E-state index in [9.17, 15) is 19.5 Å². The molecule has 0 bridgehead atoms. The van der Waals surface area contributed by atoms with Crippen molar-refractivity contribution in [2.24, 2.45) is 0 Å². The van der Waals surface area contributed by atoms with Crippen molar-refractivity contribution in [2.75, 3.05) is 42.9 Å². The zero-order valence-electron chi connectivity index (χ0n) is 32.9. The lowest BCUT2D eigenvalue weighted by molar-refractivity contribution is -0.116. The fourth-order valence-electron chi connectivity index (χ4n) is 7.27. The van der Waals surface area contributed by atoms with Crippen molar-refractivity contribution in [3.05, 3.63) is 169 Å². The first kappa shape index (κ1) is 40.4. The minimum atomic E-state index is -0.428. The van der Waals surface area contributed by atoms with Crippen molar-refractivity contribution in [1.29, 1.82) is 0 Å². The van der Waals surface area contributed by atoms with Gasteiger partial charge in [0.1, 0.15) is 11.9 Å². The number of nitrogens with one attached hydrogen (secondary N) is 3. The molecule has 1 heterocycles. The zero-order valence-corrected chi connectivity index (χ0v) is 32.9. The Morgan fingerprint density at radius 2 is 1.27 bits per heavy atom. The van der Waals surface area contributed by atoms with E-state index in [0.29, 0.717) is 50.3 Å². The number of hydrogen-bond donors (Lipinski definition) is 4. The highest BCUT2D eigenvalue weighted by Gasteiger charge is 2.29. The maximum Gasteiger partial charge on any atom is 0.419 e. The largest absolute Gasteiger partial charge is 0.508 e. The predicted molar refractivity (Wildman–Crippen MR) is 234 cm³/mol. The Balaban J connectivity index is 0.915. The summed E-state index contributed by atoms with van der Waals surface area (Å²) in [7, 11) is 0. The van der Waals surface area contributed by atoms with Gasteiger partial charge in [-0.3, -0.25) is 9.59 Å². The highest BCUT2D eigenvalue weighted by atomic mass is 16.6. The molecule has 3 amide bonds. The standard InChI is InChI=1S/C49H49N5O5/c55-41-24-22-36(23-25-41)35-50-29-26-47(56)52-40-17-11-16-39(34-40)48(57)51-30-33-53-31-27-42(28-32-53)59-49(58)54(45-20-9-7-18-43(45)37-12-3-1-4-13-37)46-21-10-8-19-44(46)38-14-5-2-6-15-38/h1-25,34,42,50,55H,26-33,35H2,(H,51,57)(H,52,56). The van der Waals surface area contributed by atoms with E-state index in [2.05, 4.69) is 20.9 Å². The van der Waals surface area contributed by atoms with Crippen LogP contribution in [0.4, 0.5) is 21.9 Å². The molecular weight excluding hydrogens is 739 g/mol. The molecule has 7 rings (SSSR count). The van der Waals surface area contributed by atoms with Gasteiger partial charge in [0.05, 0.1) is 11.4 Å². The van der Waals surface area contributed by atoms with Gasteiger partial charge < -0.3 is 30.7 Å². The van der Waals surface area contributed by atoms with Gasteiger partial charge in [0.15, 0.2) is 0 Å². The molecule has 300 valence electrons. The number of carbonyl (C=O) groups is 3. The van der Waals surface area contributed by atoms with Crippen molar-refractivity contribution in [3.63, 3.8) is 0 Å². The van der Waals surface area contributed by atoms with Gasteiger partial charge in [0, 0.05) is 68.1 Å². The Hall–Kier alpha value is -6.75. The van der Waals surface area contributed by atoms with Crippen LogP contribution in [0.15, 0.2) is 158 Å². The van der Waals surface area contributed by atoms with Gasteiger partial charge in [0.25, 0.3) is 5.91 Å². The van der Waals surface area contributed by atoms with E-state index in [1.807, 2.05) is 121 Å². The Morgan fingerprint density at radius 3 is 1.90 bits per heavy atom. The van der Waals surface area contributed by atoms with E-state index in [-0.39, 0.29) is 30.1 Å². The number of carbonyl (C=O) groups excluding carboxylic acids is 3. The van der Waals surface area contributed by atoms with Crippen molar-refractivity contribution >= 4 is 35.0 Å². The summed E-state index contributed by atoms with van der Waals surface area (Å²) in [6.07, 6.45) is 0.914. The van der Waals surface area contributed by atoms with E-state index >= 15 is 0 Å². The van der Waals surface area contributed by atoms with Crippen LogP contribution in [-0.2, 0) is 16.1 Å². The van der Waals surface area contributed by atoms with Crippen LogP contribution in [0.1, 0.15) is 35.2 Å². The molecule has 0 spiro atoms. The fraction of sp³-hybridized carbons (Fsp3) is 0.204. The molecule has 6 aromatic carbocycles. The van der Waals surface area contributed by atoms with Crippen LogP contribution in [0.25, 0.3) is 22.3 Å².